The number of carbonyl (C=O) groups is 1. The Hall–Kier alpha value is -0.610. The van der Waals surface area contributed by atoms with E-state index in [1.54, 1.807) is 6.92 Å². The van der Waals surface area contributed by atoms with Crippen molar-refractivity contribution in [3.05, 3.63) is 0 Å². The van der Waals surface area contributed by atoms with Gasteiger partial charge in [0.25, 0.3) is 0 Å². The number of rotatable bonds is 3. The molecular weight excluding hydrogens is 548 g/mol. The molecule has 246 valence electrons. The Bertz CT molecular complexity index is 1130. The molecule has 0 spiro atoms. The molecule has 6 rings (SSSR count). The van der Waals surface area contributed by atoms with Crippen molar-refractivity contribution >= 4 is 5.78 Å². The van der Waals surface area contributed by atoms with Crippen molar-refractivity contribution < 1.29 is 39.8 Å². The molecule has 0 radical (unpaired) electrons. The van der Waals surface area contributed by atoms with E-state index < -0.39 is 42.2 Å². The number of ketones is 1. The second-order valence-corrected chi connectivity index (χ2v) is 17.7. The van der Waals surface area contributed by atoms with Crippen LogP contribution in [0.15, 0.2) is 0 Å². The lowest BCUT2D eigenvalue weighted by molar-refractivity contribution is -0.319. The van der Waals surface area contributed by atoms with E-state index in [0.29, 0.717) is 12.3 Å². The first-order valence-corrected chi connectivity index (χ1v) is 17.0. The molecular formula is C35H58O8. The first-order chi connectivity index (χ1) is 19.8. The van der Waals surface area contributed by atoms with E-state index in [1.807, 2.05) is 6.92 Å². The van der Waals surface area contributed by atoms with Gasteiger partial charge in [0.05, 0.1) is 24.9 Å². The molecule has 5 aliphatic carbocycles. The van der Waals surface area contributed by atoms with E-state index in [9.17, 15) is 30.3 Å². The molecule has 1 aliphatic heterocycles. The summed E-state index contributed by atoms with van der Waals surface area (Å²) in [5.41, 5.74) is -1.52. The Kier molecular flexibility index (Phi) is 7.48. The normalized spacial score (nSPS) is 59.4. The summed E-state index contributed by atoms with van der Waals surface area (Å²) in [5, 5.41) is 54.9. The second-order valence-electron chi connectivity index (χ2n) is 17.7. The second kappa shape index (κ2) is 9.95. The zero-order chi connectivity index (χ0) is 31.7. The third-order valence-electron chi connectivity index (χ3n) is 15.7. The monoisotopic (exact) mass is 606 g/mol. The summed E-state index contributed by atoms with van der Waals surface area (Å²) in [5.74, 6) is 0.613. The topological polar surface area (TPSA) is 137 Å². The number of fused-ring (bicyclic) bond motifs is 7. The highest BCUT2D eigenvalue weighted by molar-refractivity contribution is 5.83. The lowest BCUT2D eigenvalue weighted by Crippen LogP contribution is -2.72. The number of aliphatic hydroxyl groups excluding tert-OH is 5. The molecule has 8 nitrogen and oxygen atoms in total. The minimum absolute atomic E-state index is 0.0235. The van der Waals surface area contributed by atoms with Crippen LogP contribution in [-0.2, 0) is 14.3 Å². The van der Waals surface area contributed by atoms with Gasteiger partial charge in [0, 0.05) is 11.3 Å². The zero-order valence-corrected chi connectivity index (χ0v) is 27.7. The number of carbonyl (C=O) groups excluding carboxylic acids is 1. The molecule has 0 unspecified atom stereocenters. The highest BCUT2D eigenvalue weighted by atomic mass is 16.7. The van der Waals surface area contributed by atoms with Crippen LogP contribution >= 0.6 is 0 Å². The molecule has 1 saturated heterocycles. The van der Waals surface area contributed by atoms with Crippen LogP contribution in [0.2, 0.25) is 0 Å². The smallest absolute Gasteiger partial charge is 0.186 e. The Balaban J connectivity index is 1.31. The van der Waals surface area contributed by atoms with E-state index in [-0.39, 0.29) is 63.3 Å². The molecule has 16 atom stereocenters. The quantitative estimate of drug-likeness (QED) is 0.306. The van der Waals surface area contributed by atoms with Crippen LogP contribution in [0.5, 0.6) is 0 Å². The maximum Gasteiger partial charge on any atom is 0.186 e. The van der Waals surface area contributed by atoms with Gasteiger partial charge in [-0.2, -0.15) is 0 Å². The van der Waals surface area contributed by atoms with Crippen molar-refractivity contribution in [3.63, 3.8) is 0 Å². The molecule has 5 saturated carbocycles. The molecule has 0 aromatic carbocycles. The van der Waals surface area contributed by atoms with Crippen molar-refractivity contribution in [1.29, 1.82) is 0 Å². The van der Waals surface area contributed by atoms with E-state index in [0.717, 1.165) is 44.9 Å². The zero-order valence-electron chi connectivity index (χ0n) is 27.7. The fraction of sp³-hybridized carbons (Fsp3) is 0.971. The minimum atomic E-state index is -1.31. The predicted molar refractivity (Wildman–Crippen MR) is 161 cm³/mol. The van der Waals surface area contributed by atoms with Gasteiger partial charge in [0.15, 0.2) is 6.29 Å². The first kappa shape index (κ1) is 32.3. The fourth-order valence-electron chi connectivity index (χ4n) is 13.5. The summed E-state index contributed by atoms with van der Waals surface area (Å²) in [4.78, 5) is 13.0. The standard InChI is InChI=1S/C35H58O8/c1-18(36)31(4)13-14-33(6)27(31)20(38)16-35(8)28(33)19(37)15-23-32(5)11-10-24(30(2,3)22(32)9-12-34(23,35)7)43-29-26(41)25(40)21(39)17-42-29/h19-29,37-41H,9-17H2,1-8H3/t19-,20+,21-,22+,23-,24+,25+,26-,27+,28-,29+,31+,32+,33+,34-,35-/m1/s1. The van der Waals surface area contributed by atoms with Gasteiger partial charge in [-0.25, -0.2) is 0 Å². The van der Waals surface area contributed by atoms with Crippen molar-refractivity contribution in [2.24, 2.45) is 56.2 Å². The molecule has 6 fully saturated rings. The highest BCUT2D eigenvalue weighted by Gasteiger charge is 2.75. The van der Waals surface area contributed by atoms with E-state index >= 15 is 0 Å². The van der Waals surface area contributed by atoms with Gasteiger partial charge in [-0.1, -0.05) is 48.5 Å². The molecule has 0 aromatic heterocycles. The maximum absolute atomic E-state index is 13.0. The molecule has 0 aromatic rings. The molecule has 5 N–H and O–H groups in total. The summed E-state index contributed by atoms with van der Waals surface area (Å²) in [7, 11) is 0. The molecule has 6 aliphatic rings. The SMILES string of the molecule is CC(=O)[C@]1(C)CC[C@@]2(C)[C@H]1[C@@H](O)C[C@]1(C)[C@@H]2[C@H](O)C[C@@H]2[C@@]3(C)CC[C@H](O[C@@H]4OC[C@@H](O)[C@H](O)[C@H]4O)C(C)(C)[C@@H]3CC[C@]21C. The van der Waals surface area contributed by atoms with E-state index in [4.69, 9.17) is 9.47 Å². The molecule has 0 bridgehead atoms. The van der Waals surface area contributed by atoms with Crippen LogP contribution in [0.1, 0.15) is 107 Å². The van der Waals surface area contributed by atoms with Gasteiger partial charge >= 0.3 is 0 Å². The van der Waals surface area contributed by atoms with Crippen LogP contribution in [0, 0.1) is 56.2 Å². The summed E-state index contributed by atoms with van der Waals surface area (Å²) >= 11 is 0. The largest absolute Gasteiger partial charge is 0.393 e. The van der Waals surface area contributed by atoms with Gasteiger partial charge in [-0.3, -0.25) is 4.79 Å². The fourth-order valence-corrected chi connectivity index (χ4v) is 13.5. The van der Waals surface area contributed by atoms with Gasteiger partial charge in [0.2, 0.25) is 0 Å². The van der Waals surface area contributed by atoms with Gasteiger partial charge in [0.1, 0.15) is 24.1 Å². The predicted octanol–water partition coefficient (Wildman–Crippen LogP) is 3.83. The van der Waals surface area contributed by atoms with Crippen molar-refractivity contribution in [1.82, 2.24) is 0 Å². The van der Waals surface area contributed by atoms with Crippen LogP contribution in [0.4, 0.5) is 0 Å². The lowest BCUT2D eigenvalue weighted by Gasteiger charge is -2.74. The van der Waals surface area contributed by atoms with Crippen LogP contribution < -0.4 is 0 Å². The first-order valence-electron chi connectivity index (χ1n) is 17.0. The summed E-state index contributed by atoms with van der Waals surface area (Å²) < 4.78 is 12.1. The third-order valence-corrected chi connectivity index (χ3v) is 15.7. The molecule has 1 heterocycles. The number of hydrogen-bond acceptors (Lipinski definition) is 8. The Morgan fingerprint density at radius 2 is 1.40 bits per heavy atom. The maximum atomic E-state index is 13.0. The van der Waals surface area contributed by atoms with Crippen molar-refractivity contribution in [3.8, 4) is 0 Å². The average molecular weight is 607 g/mol. The van der Waals surface area contributed by atoms with Crippen molar-refractivity contribution in [2.75, 3.05) is 6.61 Å². The average Bonchev–Trinajstić information content (AvgIpc) is 3.19. The van der Waals surface area contributed by atoms with Crippen LogP contribution in [-0.4, -0.2) is 80.8 Å². The number of Topliss-reactive ketones (excluding diaryl/α,β-unsaturated/α-hetero) is 1. The number of hydrogen-bond donors (Lipinski definition) is 5. The van der Waals surface area contributed by atoms with Crippen LogP contribution in [0.3, 0.4) is 0 Å². The Morgan fingerprint density at radius 1 is 0.721 bits per heavy atom. The van der Waals surface area contributed by atoms with E-state index in [2.05, 4.69) is 41.5 Å². The minimum Gasteiger partial charge on any atom is -0.393 e. The molecule has 43 heavy (non-hydrogen) atoms. The third kappa shape index (κ3) is 4.08. The summed E-state index contributed by atoms with van der Waals surface area (Å²) in [6, 6.07) is 0. The van der Waals surface area contributed by atoms with Crippen molar-refractivity contribution in [2.45, 2.75) is 150 Å². The van der Waals surface area contributed by atoms with Gasteiger partial charge < -0.3 is 35.0 Å². The number of ether oxygens (including phenoxy) is 2. The summed E-state index contributed by atoms with van der Waals surface area (Å²) in [6.45, 7) is 17.6. The van der Waals surface area contributed by atoms with Gasteiger partial charge in [-0.15, -0.1) is 0 Å². The Morgan fingerprint density at radius 3 is 2.05 bits per heavy atom. The lowest BCUT2D eigenvalue weighted by atomic mass is 9.31. The van der Waals surface area contributed by atoms with E-state index in [1.165, 1.54) is 0 Å². The number of aliphatic hydroxyl groups is 5. The highest BCUT2D eigenvalue weighted by Crippen LogP contribution is 2.78. The van der Waals surface area contributed by atoms with Crippen LogP contribution in [0.25, 0.3) is 0 Å². The van der Waals surface area contributed by atoms with Gasteiger partial charge in [-0.05, 0) is 103 Å². The Labute approximate surface area is 257 Å². The molecule has 0 amide bonds. The molecule has 8 heteroatoms. The summed E-state index contributed by atoms with van der Waals surface area (Å²) in [6.07, 6.45) is 0.676.